The molecule has 3 nitrogen and oxygen atoms in total. The van der Waals surface area contributed by atoms with Crippen molar-refractivity contribution >= 4 is 0 Å². The predicted molar refractivity (Wildman–Crippen MR) is 79.6 cm³/mol. The predicted octanol–water partition coefficient (Wildman–Crippen LogP) is 3.39. The number of furan rings is 1. The van der Waals surface area contributed by atoms with Gasteiger partial charge in [0.2, 0.25) is 0 Å². The first kappa shape index (κ1) is 13.4. The Balaban J connectivity index is 1.69. The van der Waals surface area contributed by atoms with E-state index in [4.69, 9.17) is 9.15 Å². The van der Waals surface area contributed by atoms with Crippen molar-refractivity contribution in [2.24, 2.45) is 0 Å². The quantitative estimate of drug-likeness (QED) is 0.838. The lowest BCUT2D eigenvalue weighted by Gasteiger charge is -2.06. The van der Waals surface area contributed by atoms with Gasteiger partial charge >= 0.3 is 0 Å². The SMILES string of the molecule is COCCc1ccc(-c2ccoc2CNC2CC2)cc1. The molecule has 0 bridgehead atoms. The van der Waals surface area contributed by atoms with E-state index < -0.39 is 0 Å². The van der Waals surface area contributed by atoms with Gasteiger partial charge in [0.15, 0.2) is 0 Å². The molecule has 0 atom stereocenters. The Morgan fingerprint density at radius 1 is 1.20 bits per heavy atom. The van der Waals surface area contributed by atoms with Crippen molar-refractivity contribution < 1.29 is 9.15 Å². The number of hydrogen-bond donors (Lipinski definition) is 1. The van der Waals surface area contributed by atoms with Gasteiger partial charge in [0.1, 0.15) is 5.76 Å². The molecule has 20 heavy (non-hydrogen) atoms. The van der Waals surface area contributed by atoms with Gasteiger partial charge in [0.25, 0.3) is 0 Å². The molecule has 0 unspecified atom stereocenters. The first-order valence-electron chi connectivity index (χ1n) is 7.25. The van der Waals surface area contributed by atoms with E-state index in [0.717, 1.165) is 25.3 Å². The van der Waals surface area contributed by atoms with E-state index in [-0.39, 0.29) is 0 Å². The Bertz CT molecular complexity index is 540. The lowest BCUT2D eigenvalue weighted by molar-refractivity contribution is 0.202. The van der Waals surface area contributed by atoms with Crippen LogP contribution in [-0.2, 0) is 17.7 Å². The van der Waals surface area contributed by atoms with Crippen LogP contribution in [0.5, 0.6) is 0 Å². The summed E-state index contributed by atoms with van der Waals surface area (Å²) in [5.74, 6) is 1.03. The fourth-order valence-corrected chi connectivity index (χ4v) is 2.33. The summed E-state index contributed by atoms with van der Waals surface area (Å²) >= 11 is 0. The van der Waals surface area contributed by atoms with Crippen molar-refractivity contribution in [1.29, 1.82) is 0 Å². The van der Waals surface area contributed by atoms with Crippen LogP contribution >= 0.6 is 0 Å². The Labute approximate surface area is 119 Å². The molecule has 1 aromatic heterocycles. The zero-order valence-corrected chi connectivity index (χ0v) is 11.9. The second-order valence-corrected chi connectivity index (χ2v) is 5.35. The van der Waals surface area contributed by atoms with Crippen LogP contribution in [-0.4, -0.2) is 19.8 Å². The fourth-order valence-electron chi connectivity index (χ4n) is 2.33. The molecule has 1 heterocycles. The Morgan fingerprint density at radius 2 is 2.00 bits per heavy atom. The van der Waals surface area contributed by atoms with Gasteiger partial charge < -0.3 is 14.5 Å². The van der Waals surface area contributed by atoms with Crippen LogP contribution < -0.4 is 5.32 Å². The molecule has 2 aromatic rings. The summed E-state index contributed by atoms with van der Waals surface area (Å²) in [5.41, 5.74) is 3.71. The number of methoxy groups -OCH3 is 1. The second kappa shape index (κ2) is 6.25. The molecule has 1 aromatic carbocycles. The summed E-state index contributed by atoms with van der Waals surface area (Å²) in [6.45, 7) is 1.58. The maximum absolute atomic E-state index is 5.61. The van der Waals surface area contributed by atoms with Crippen molar-refractivity contribution in [2.45, 2.75) is 31.8 Å². The summed E-state index contributed by atoms with van der Waals surface area (Å²) in [6.07, 6.45) is 5.32. The number of nitrogens with one attached hydrogen (secondary N) is 1. The highest BCUT2D eigenvalue weighted by molar-refractivity contribution is 5.65. The lowest BCUT2D eigenvalue weighted by atomic mass is 10.0. The highest BCUT2D eigenvalue weighted by Crippen LogP contribution is 2.27. The maximum atomic E-state index is 5.61. The molecular formula is C17H21NO2. The maximum Gasteiger partial charge on any atom is 0.125 e. The molecule has 0 spiro atoms. The van der Waals surface area contributed by atoms with Gasteiger partial charge in [-0.3, -0.25) is 0 Å². The van der Waals surface area contributed by atoms with E-state index in [2.05, 4.69) is 29.6 Å². The van der Waals surface area contributed by atoms with E-state index in [1.807, 2.05) is 6.07 Å². The van der Waals surface area contributed by atoms with Gasteiger partial charge in [-0.15, -0.1) is 0 Å². The molecule has 1 aliphatic rings. The molecule has 0 saturated heterocycles. The zero-order valence-electron chi connectivity index (χ0n) is 11.9. The molecule has 0 aliphatic heterocycles. The van der Waals surface area contributed by atoms with Crippen molar-refractivity contribution in [3.05, 3.63) is 47.9 Å². The van der Waals surface area contributed by atoms with Gasteiger partial charge in [0, 0.05) is 18.7 Å². The van der Waals surface area contributed by atoms with E-state index in [1.54, 1.807) is 13.4 Å². The van der Waals surface area contributed by atoms with Crippen molar-refractivity contribution in [2.75, 3.05) is 13.7 Å². The monoisotopic (exact) mass is 271 g/mol. The molecule has 1 saturated carbocycles. The summed E-state index contributed by atoms with van der Waals surface area (Å²) in [7, 11) is 1.74. The highest BCUT2D eigenvalue weighted by Gasteiger charge is 2.21. The van der Waals surface area contributed by atoms with Gasteiger partial charge in [-0.25, -0.2) is 0 Å². The Morgan fingerprint density at radius 3 is 2.70 bits per heavy atom. The van der Waals surface area contributed by atoms with Crippen LogP contribution in [0.3, 0.4) is 0 Å². The van der Waals surface area contributed by atoms with Crippen LogP contribution in [0, 0.1) is 0 Å². The number of hydrogen-bond acceptors (Lipinski definition) is 3. The van der Waals surface area contributed by atoms with Gasteiger partial charge in [0.05, 0.1) is 19.4 Å². The summed E-state index contributed by atoms with van der Waals surface area (Å²) in [4.78, 5) is 0. The third-order valence-corrected chi connectivity index (χ3v) is 3.73. The highest BCUT2D eigenvalue weighted by atomic mass is 16.5. The molecule has 3 rings (SSSR count). The van der Waals surface area contributed by atoms with Gasteiger partial charge in [-0.2, -0.15) is 0 Å². The summed E-state index contributed by atoms with van der Waals surface area (Å²) < 4.78 is 10.7. The average molecular weight is 271 g/mol. The van der Waals surface area contributed by atoms with Gasteiger partial charge in [-0.1, -0.05) is 24.3 Å². The largest absolute Gasteiger partial charge is 0.467 e. The minimum absolute atomic E-state index is 0.698. The van der Waals surface area contributed by atoms with Crippen molar-refractivity contribution in [1.82, 2.24) is 5.32 Å². The van der Waals surface area contributed by atoms with Crippen molar-refractivity contribution in [3.8, 4) is 11.1 Å². The number of rotatable bonds is 7. The number of benzene rings is 1. The minimum Gasteiger partial charge on any atom is -0.467 e. The van der Waals surface area contributed by atoms with Crippen LogP contribution in [0.25, 0.3) is 11.1 Å². The smallest absolute Gasteiger partial charge is 0.125 e. The van der Waals surface area contributed by atoms with Crippen LogP contribution in [0.1, 0.15) is 24.2 Å². The van der Waals surface area contributed by atoms with E-state index in [0.29, 0.717) is 6.04 Å². The molecule has 1 aliphatic carbocycles. The molecule has 0 amide bonds. The molecule has 3 heteroatoms. The number of ether oxygens (including phenoxy) is 1. The second-order valence-electron chi connectivity index (χ2n) is 5.35. The molecular weight excluding hydrogens is 250 g/mol. The fraction of sp³-hybridized carbons (Fsp3) is 0.412. The topological polar surface area (TPSA) is 34.4 Å². The first-order chi connectivity index (χ1) is 9.86. The summed E-state index contributed by atoms with van der Waals surface area (Å²) in [6, 6.07) is 11.4. The van der Waals surface area contributed by atoms with Crippen LogP contribution in [0.2, 0.25) is 0 Å². The zero-order chi connectivity index (χ0) is 13.8. The minimum atomic E-state index is 0.698. The van der Waals surface area contributed by atoms with E-state index in [1.165, 1.54) is 29.5 Å². The lowest BCUT2D eigenvalue weighted by Crippen LogP contribution is -2.15. The third-order valence-electron chi connectivity index (χ3n) is 3.73. The molecule has 1 N–H and O–H groups in total. The Kier molecular flexibility index (Phi) is 4.19. The molecule has 0 radical (unpaired) electrons. The van der Waals surface area contributed by atoms with Crippen LogP contribution in [0.15, 0.2) is 41.0 Å². The van der Waals surface area contributed by atoms with E-state index >= 15 is 0 Å². The summed E-state index contributed by atoms with van der Waals surface area (Å²) in [5, 5.41) is 3.50. The average Bonchev–Trinajstić information content (AvgIpc) is 3.20. The van der Waals surface area contributed by atoms with Gasteiger partial charge in [-0.05, 0) is 36.5 Å². The van der Waals surface area contributed by atoms with E-state index in [9.17, 15) is 0 Å². The normalized spacial score (nSPS) is 14.7. The molecule has 106 valence electrons. The van der Waals surface area contributed by atoms with Crippen molar-refractivity contribution in [3.63, 3.8) is 0 Å². The Hall–Kier alpha value is -1.58. The van der Waals surface area contributed by atoms with Crippen LogP contribution in [0.4, 0.5) is 0 Å². The third kappa shape index (κ3) is 3.30. The standard InChI is InChI=1S/C17H21NO2/c1-19-10-8-13-2-4-14(5-3-13)16-9-11-20-17(16)12-18-15-6-7-15/h2-5,9,11,15,18H,6-8,10,12H2,1H3. The molecule has 1 fully saturated rings. The first-order valence-corrected chi connectivity index (χ1v) is 7.25.